The van der Waals surface area contributed by atoms with Gasteiger partial charge < -0.3 is 14.7 Å². The lowest BCUT2D eigenvalue weighted by molar-refractivity contribution is 0.0498. The van der Waals surface area contributed by atoms with Gasteiger partial charge in [0.2, 0.25) is 0 Å². The van der Waals surface area contributed by atoms with E-state index in [0.717, 1.165) is 13.0 Å². The Morgan fingerprint density at radius 2 is 2.26 bits per heavy atom. The maximum atomic E-state index is 13.7. The SMILES string of the molecule is COC1CN(c2ccc(C(=O)O)c(F)c2)CCC1C. The summed E-state index contributed by atoms with van der Waals surface area (Å²) in [5.41, 5.74) is 0.411. The van der Waals surface area contributed by atoms with Crippen LogP contribution >= 0.6 is 0 Å². The third-order valence-electron chi connectivity index (χ3n) is 3.74. The van der Waals surface area contributed by atoms with Crippen LogP contribution in [0.5, 0.6) is 0 Å². The van der Waals surface area contributed by atoms with Crippen molar-refractivity contribution in [3.8, 4) is 0 Å². The highest BCUT2D eigenvalue weighted by Gasteiger charge is 2.26. The van der Waals surface area contributed by atoms with Gasteiger partial charge in [-0.15, -0.1) is 0 Å². The van der Waals surface area contributed by atoms with Crippen LogP contribution in [0, 0.1) is 11.7 Å². The van der Waals surface area contributed by atoms with Crippen LogP contribution in [-0.2, 0) is 4.74 Å². The molecule has 1 N–H and O–H groups in total. The lowest BCUT2D eigenvalue weighted by Gasteiger charge is -2.37. The molecule has 0 radical (unpaired) electrons. The van der Waals surface area contributed by atoms with Gasteiger partial charge in [0.25, 0.3) is 0 Å². The molecule has 0 spiro atoms. The van der Waals surface area contributed by atoms with Crippen LogP contribution in [-0.4, -0.2) is 37.4 Å². The normalized spacial score (nSPS) is 23.4. The number of aromatic carboxylic acids is 1. The van der Waals surface area contributed by atoms with Gasteiger partial charge in [0.05, 0.1) is 11.7 Å². The Bertz CT molecular complexity index is 478. The van der Waals surface area contributed by atoms with Gasteiger partial charge >= 0.3 is 5.97 Å². The molecule has 104 valence electrons. The van der Waals surface area contributed by atoms with E-state index in [1.54, 1.807) is 13.2 Å². The van der Waals surface area contributed by atoms with E-state index >= 15 is 0 Å². The third-order valence-corrected chi connectivity index (χ3v) is 3.74. The number of hydrogen-bond acceptors (Lipinski definition) is 3. The first-order valence-corrected chi connectivity index (χ1v) is 6.33. The zero-order valence-corrected chi connectivity index (χ0v) is 11.1. The number of rotatable bonds is 3. The maximum Gasteiger partial charge on any atom is 0.338 e. The third kappa shape index (κ3) is 2.87. The Morgan fingerprint density at radius 3 is 2.84 bits per heavy atom. The van der Waals surface area contributed by atoms with E-state index in [4.69, 9.17) is 9.84 Å². The second-order valence-corrected chi connectivity index (χ2v) is 4.96. The van der Waals surface area contributed by atoms with Gasteiger partial charge in [0.15, 0.2) is 0 Å². The van der Waals surface area contributed by atoms with Crippen LogP contribution in [0.4, 0.5) is 10.1 Å². The monoisotopic (exact) mass is 267 g/mol. The molecular formula is C14H18FNO3. The Morgan fingerprint density at radius 1 is 1.53 bits per heavy atom. The van der Waals surface area contributed by atoms with E-state index < -0.39 is 11.8 Å². The molecule has 4 nitrogen and oxygen atoms in total. The number of anilines is 1. The van der Waals surface area contributed by atoms with Crippen LogP contribution in [0.3, 0.4) is 0 Å². The van der Waals surface area contributed by atoms with Crippen LogP contribution in [0.25, 0.3) is 0 Å². The summed E-state index contributed by atoms with van der Waals surface area (Å²) in [5.74, 6) is -1.46. The molecule has 2 atom stereocenters. The number of methoxy groups -OCH3 is 1. The predicted octanol–water partition coefficient (Wildman–Crippen LogP) is 2.39. The highest BCUT2D eigenvalue weighted by Crippen LogP contribution is 2.26. The van der Waals surface area contributed by atoms with Crippen LogP contribution in [0.1, 0.15) is 23.7 Å². The summed E-state index contributed by atoms with van der Waals surface area (Å²) in [6.07, 6.45) is 1.09. The van der Waals surface area contributed by atoms with Gasteiger partial charge in [-0.25, -0.2) is 9.18 Å². The largest absolute Gasteiger partial charge is 0.478 e. The van der Waals surface area contributed by atoms with Crippen LogP contribution in [0.2, 0.25) is 0 Å². The molecular weight excluding hydrogens is 249 g/mol. The number of benzene rings is 1. The van der Waals surface area contributed by atoms with Crippen molar-refractivity contribution in [3.05, 3.63) is 29.6 Å². The molecule has 2 unspecified atom stereocenters. The molecule has 2 rings (SSSR count). The van der Waals surface area contributed by atoms with Crippen LogP contribution < -0.4 is 4.90 Å². The van der Waals surface area contributed by atoms with Crippen molar-refractivity contribution in [2.75, 3.05) is 25.1 Å². The summed E-state index contributed by atoms with van der Waals surface area (Å²) in [7, 11) is 1.68. The fraction of sp³-hybridized carbons (Fsp3) is 0.500. The highest BCUT2D eigenvalue weighted by molar-refractivity contribution is 5.88. The number of carboxylic acids is 1. The standard InChI is InChI=1S/C14H18FNO3/c1-9-5-6-16(8-13(9)19-2)10-3-4-11(14(17)18)12(15)7-10/h3-4,7,9,13H,5-6,8H2,1-2H3,(H,17,18). The van der Waals surface area contributed by atoms with Gasteiger partial charge in [-0.2, -0.15) is 0 Å². The van der Waals surface area contributed by atoms with Gasteiger partial charge in [-0.05, 0) is 30.5 Å². The summed E-state index contributed by atoms with van der Waals surface area (Å²) in [4.78, 5) is 12.8. The fourth-order valence-corrected chi connectivity index (χ4v) is 2.45. The molecule has 1 fully saturated rings. The van der Waals surface area contributed by atoms with Crippen molar-refractivity contribution in [1.82, 2.24) is 0 Å². The number of carbonyl (C=O) groups is 1. The molecule has 5 heteroatoms. The number of ether oxygens (including phenoxy) is 1. The Labute approximate surface area is 111 Å². The Hall–Kier alpha value is -1.62. The zero-order chi connectivity index (χ0) is 14.0. The zero-order valence-electron chi connectivity index (χ0n) is 11.1. The molecule has 0 saturated carbocycles. The first-order valence-electron chi connectivity index (χ1n) is 6.33. The predicted molar refractivity (Wildman–Crippen MR) is 70.2 cm³/mol. The first kappa shape index (κ1) is 13.8. The number of hydrogen-bond donors (Lipinski definition) is 1. The van der Waals surface area contributed by atoms with E-state index in [9.17, 15) is 9.18 Å². The first-order chi connectivity index (χ1) is 9.02. The average Bonchev–Trinajstić information content (AvgIpc) is 2.38. The van der Waals surface area contributed by atoms with E-state index in [0.29, 0.717) is 18.2 Å². The van der Waals surface area contributed by atoms with E-state index in [-0.39, 0.29) is 11.7 Å². The van der Waals surface area contributed by atoms with Crippen molar-refractivity contribution in [1.29, 1.82) is 0 Å². The summed E-state index contributed by atoms with van der Waals surface area (Å²) in [6.45, 7) is 3.66. The summed E-state index contributed by atoms with van der Waals surface area (Å²) in [5, 5.41) is 8.81. The van der Waals surface area contributed by atoms with E-state index in [2.05, 4.69) is 6.92 Å². The minimum atomic E-state index is -1.24. The molecule has 1 aromatic carbocycles. The summed E-state index contributed by atoms with van der Waals surface area (Å²) < 4.78 is 19.1. The molecule has 19 heavy (non-hydrogen) atoms. The molecule has 0 bridgehead atoms. The topological polar surface area (TPSA) is 49.8 Å². The molecule has 0 aliphatic carbocycles. The molecule has 1 heterocycles. The minimum Gasteiger partial charge on any atom is -0.478 e. The maximum absolute atomic E-state index is 13.7. The smallest absolute Gasteiger partial charge is 0.338 e. The quantitative estimate of drug-likeness (QED) is 0.913. The lowest BCUT2D eigenvalue weighted by atomic mass is 9.95. The molecule has 1 aliphatic heterocycles. The summed E-state index contributed by atoms with van der Waals surface area (Å²) >= 11 is 0. The minimum absolute atomic E-state index is 0.121. The van der Waals surface area contributed by atoms with Gasteiger partial charge in [0.1, 0.15) is 5.82 Å². The van der Waals surface area contributed by atoms with Crippen molar-refractivity contribution in [2.45, 2.75) is 19.4 Å². The lowest BCUT2D eigenvalue weighted by Crippen LogP contribution is -2.44. The molecule has 0 amide bonds. The Balaban J connectivity index is 2.18. The second kappa shape index (κ2) is 5.57. The number of piperidine rings is 1. The van der Waals surface area contributed by atoms with Crippen molar-refractivity contribution in [2.24, 2.45) is 5.92 Å². The number of halogens is 1. The highest BCUT2D eigenvalue weighted by atomic mass is 19.1. The average molecular weight is 267 g/mol. The number of nitrogens with zero attached hydrogens (tertiary/aromatic N) is 1. The van der Waals surface area contributed by atoms with Crippen molar-refractivity contribution in [3.63, 3.8) is 0 Å². The second-order valence-electron chi connectivity index (χ2n) is 4.96. The molecule has 0 aromatic heterocycles. The van der Waals surface area contributed by atoms with Crippen molar-refractivity contribution >= 4 is 11.7 Å². The Kier molecular flexibility index (Phi) is 4.04. The van der Waals surface area contributed by atoms with Gasteiger partial charge in [0, 0.05) is 25.9 Å². The molecule has 1 aliphatic rings. The van der Waals surface area contributed by atoms with Gasteiger partial charge in [-0.3, -0.25) is 0 Å². The molecule has 1 aromatic rings. The summed E-state index contributed by atoms with van der Waals surface area (Å²) in [6, 6.07) is 4.24. The number of carboxylic acid groups (broad SMARTS) is 1. The van der Waals surface area contributed by atoms with Crippen LogP contribution in [0.15, 0.2) is 18.2 Å². The van der Waals surface area contributed by atoms with E-state index in [1.165, 1.54) is 12.1 Å². The van der Waals surface area contributed by atoms with Crippen molar-refractivity contribution < 1.29 is 19.0 Å². The van der Waals surface area contributed by atoms with Gasteiger partial charge in [-0.1, -0.05) is 6.92 Å². The fourth-order valence-electron chi connectivity index (χ4n) is 2.45. The van der Waals surface area contributed by atoms with E-state index in [1.807, 2.05) is 4.90 Å². The molecule has 1 saturated heterocycles.